The largest absolute Gasteiger partial charge is 0.491 e. The van der Waals surface area contributed by atoms with Crippen molar-refractivity contribution in [2.45, 2.75) is 63.2 Å². The van der Waals surface area contributed by atoms with Crippen LogP contribution in [0.2, 0.25) is 0 Å². The van der Waals surface area contributed by atoms with Gasteiger partial charge >= 0.3 is 29.2 Å². The maximum Gasteiger partial charge on any atom is 0.491 e. The Balaban J connectivity index is 1.09. The maximum atomic E-state index is 13.6. The zero-order valence-corrected chi connectivity index (χ0v) is 34.1. The number of nitrogens with one attached hydrogen (secondary N) is 1. The summed E-state index contributed by atoms with van der Waals surface area (Å²) < 4.78 is 95.3. The number of ether oxygens (including phenoxy) is 3. The summed E-state index contributed by atoms with van der Waals surface area (Å²) in [7, 11) is 1.58. The summed E-state index contributed by atoms with van der Waals surface area (Å²) in [5.41, 5.74) is 1.01. The van der Waals surface area contributed by atoms with Crippen LogP contribution in [-0.2, 0) is 25.6 Å². The molecule has 3 aromatic carbocycles. The van der Waals surface area contributed by atoms with E-state index in [0.717, 1.165) is 33.5 Å². The molecule has 2 saturated heterocycles. The first-order valence-corrected chi connectivity index (χ1v) is 20.6. The molecule has 2 fully saturated rings. The highest BCUT2D eigenvalue weighted by molar-refractivity contribution is 7.16. The van der Waals surface area contributed by atoms with Gasteiger partial charge in [-0.2, -0.15) is 26.3 Å². The Labute approximate surface area is 346 Å². The minimum Gasteiger partial charge on any atom is -0.449 e. The summed E-state index contributed by atoms with van der Waals surface area (Å²) in [6.07, 6.45) is -11.1. The number of rotatable bonds is 10. The van der Waals surface area contributed by atoms with Gasteiger partial charge in [-0.25, -0.2) is 14.6 Å². The number of esters is 2. The number of aromatic nitrogens is 2. The van der Waals surface area contributed by atoms with Crippen LogP contribution in [0.15, 0.2) is 58.7 Å². The second-order valence-corrected chi connectivity index (χ2v) is 17.0. The summed E-state index contributed by atoms with van der Waals surface area (Å²) in [5.74, 6) is -5.65. The summed E-state index contributed by atoms with van der Waals surface area (Å²) >= 11 is 1.92. The third-order valence-electron chi connectivity index (χ3n) is 10.6. The van der Waals surface area contributed by atoms with Crippen LogP contribution >= 0.6 is 22.7 Å². The number of H-pyrrole nitrogens is 1. The summed E-state index contributed by atoms with van der Waals surface area (Å²) in [4.78, 5) is 61.3. The van der Waals surface area contributed by atoms with Crippen LogP contribution in [0, 0.1) is 0 Å². The monoisotopic (exact) mass is 879 g/mol. The number of halogens is 6. The van der Waals surface area contributed by atoms with Crippen molar-refractivity contribution >= 4 is 67.2 Å². The zero-order valence-electron chi connectivity index (χ0n) is 32.4. The zero-order chi connectivity index (χ0) is 43.1. The number of alkyl halides is 6. The number of anilines is 1. The Morgan fingerprint density at radius 2 is 1.67 bits per heavy atom. The van der Waals surface area contributed by atoms with Gasteiger partial charge < -0.3 is 29.0 Å². The van der Waals surface area contributed by atoms with E-state index in [1.165, 1.54) is 11.3 Å². The molecule has 2 aliphatic rings. The van der Waals surface area contributed by atoms with Crippen LogP contribution in [0.5, 0.6) is 5.75 Å². The third-order valence-corrected chi connectivity index (χ3v) is 12.7. The molecule has 4 heterocycles. The number of nitrogens with zero attached hydrogens (tertiary/aromatic N) is 4. The average Bonchev–Trinajstić information content (AvgIpc) is 3.85. The number of morpholine rings is 1. The molecule has 0 radical (unpaired) electrons. The van der Waals surface area contributed by atoms with Crippen LogP contribution in [0.3, 0.4) is 0 Å². The van der Waals surface area contributed by atoms with Gasteiger partial charge in [-0.1, -0.05) is 55.5 Å². The molecule has 1 spiro atoms. The maximum absolute atomic E-state index is 13.6. The molecule has 7 rings (SSSR count). The Morgan fingerprint density at radius 1 is 0.967 bits per heavy atom. The number of likely N-dealkylation sites (N-methyl/N-ethyl adjacent to an activating group) is 1. The number of likely N-dealkylation sites (tertiary alicyclic amines) is 1. The van der Waals surface area contributed by atoms with Crippen molar-refractivity contribution in [1.29, 1.82) is 0 Å². The van der Waals surface area contributed by atoms with E-state index in [1.54, 1.807) is 24.1 Å². The molecule has 1 N–H and O–H groups in total. The lowest BCUT2D eigenvalue weighted by Gasteiger charge is -2.47. The number of carbonyl (C=O) groups is 3. The second-order valence-electron chi connectivity index (χ2n) is 15.1. The van der Waals surface area contributed by atoms with Crippen molar-refractivity contribution < 1.29 is 54.9 Å². The van der Waals surface area contributed by atoms with Gasteiger partial charge in [0.25, 0.3) is 5.91 Å². The Hall–Kier alpha value is -5.05. The molecule has 60 heavy (non-hydrogen) atoms. The van der Waals surface area contributed by atoms with Crippen molar-refractivity contribution in [2.24, 2.45) is 0 Å². The van der Waals surface area contributed by atoms with Gasteiger partial charge in [0.15, 0.2) is 5.75 Å². The quantitative estimate of drug-likeness (QED) is 0.0851. The van der Waals surface area contributed by atoms with Gasteiger partial charge in [-0.05, 0) is 42.0 Å². The molecule has 2 aromatic heterocycles. The fraction of sp³-hybridized carbons (Fsp3) is 0.425. The van der Waals surface area contributed by atoms with Crippen LogP contribution in [-0.4, -0.2) is 102 Å². The summed E-state index contributed by atoms with van der Waals surface area (Å²) in [6, 6.07) is 13.1. The standard InChI is InChI=1S/C40H39F6N5O7S2/c1-22(2)33-47-27(20-59-33)34(52)51-16-17-56-38(21-51)12-14-50(15-13-38)18-23-6-4-8-25-24(23)7-5-9-28(25)49(3)19-30(58-36(54)40(44,45)46)26-10-11-29(57-35(53)39(41,42)43)31-32(26)60-37(55)48-31/h4-11,20,22,30H,12-19,21H2,1-3H3,(H,48,55)/t30-/m0/s1. The van der Waals surface area contributed by atoms with Gasteiger partial charge in [0.1, 0.15) is 17.3 Å². The SMILES string of the molecule is CC(C)c1nc(C(=O)N2CCOC3(CCN(Cc4cccc5c(N(C)C[C@H](OC(=O)C(F)(F)F)c6ccc(OC(=O)C(F)(F)F)c7[nH]c(=O)sc67)cccc45)CC3)C2)cs1. The molecular formula is C40H39F6N5O7S2. The minimum atomic E-state index is -5.40. The topological polar surface area (TPSA) is 134 Å². The van der Waals surface area contributed by atoms with Crippen molar-refractivity contribution in [3.05, 3.63) is 85.4 Å². The first-order valence-electron chi connectivity index (χ1n) is 18.9. The molecule has 0 bridgehead atoms. The van der Waals surface area contributed by atoms with Crippen molar-refractivity contribution in [2.75, 3.05) is 51.3 Å². The number of hydrogen-bond donors (Lipinski definition) is 1. The van der Waals surface area contributed by atoms with Gasteiger partial charge in [0.05, 0.1) is 35.0 Å². The third kappa shape index (κ3) is 9.15. The van der Waals surface area contributed by atoms with Gasteiger partial charge in [0.2, 0.25) is 0 Å². The number of fused-ring (bicyclic) bond motifs is 2. The van der Waals surface area contributed by atoms with E-state index in [1.807, 2.05) is 48.4 Å². The molecule has 12 nitrogen and oxygen atoms in total. The van der Waals surface area contributed by atoms with Crippen LogP contribution < -0.4 is 14.5 Å². The molecule has 1 amide bonds. The van der Waals surface area contributed by atoms with E-state index >= 15 is 0 Å². The molecule has 0 aliphatic carbocycles. The molecule has 5 aromatic rings. The van der Waals surface area contributed by atoms with Gasteiger partial charge in [-0.15, -0.1) is 11.3 Å². The number of piperidine rings is 1. The molecule has 0 saturated carbocycles. The first kappa shape index (κ1) is 43.1. The molecule has 320 valence electrons. The number of amides is 1. The molecule has 0 unspecified atom stereocenters. The lowest BCUT2D eigenvalue weighted by molar-refractivity contribution is -0.204. The highest BCUT2D eigenvalue weighted by Gasteiger charge is 2.45. The van der Waals surface area contributed by atoms with E-state index in [9.17, 15) is 45.5 Å². The van der Waals surface area contributed by atoms with Crippen molar-refractivity contribution in [3.8, 4) is 5.75 Å². The fourth-order valence-electron chi connectivity index (χ4n) is 7.59. The lowest BCUT2D eigenvalue weighted by Crippen LogP contribution is -2.58. The number of aromatic amines is 1. The van der Waals surface area contributed by atoms with Crippen molar-refractivity contribution in [3.63, 3.8) is 0 Å². The number of carbonyl (C=O) groups excluding carboxylic acids is 3. The van der Waals surface area contributed by atoms with Gasteiger partial charge in [-0.3, -0.25) is 14.5 Å². The van der Waals surface area contributed by atoms with Crippen molar-refractivity contribution in [1.82, 2.24) is 19.8 Å². The molecule has 20 heteroatoms. The Morgan fingerprint density at radius 3 is 2.35 bits per heavy atom. The van der Waals surface area contributed by atoms with Crippen LogP contribution in [0.25, 0.3) is 21.0 Å². The van der Waals surface area contributed by atoms with E-state index in [0.29, 0.717) is 74.9 Å². The average molecular weight is 880 g/mol. The number of thiazole rings is 2. The molecule has 1 atom stereocenters. The predicted molar refractivity (Wildman–Crippen MR) is 212 cm³/mol. The normalized spacial score (nSPS) is 16.7. The van der Waals surface area contributed by atoms with Crippen LogP contribution in [0.4, 0.5) is 32.0 Å². The Kier molecular flexibility index (Phi) is 12.0. The number of benzene rings is 3. The Bertz CT molecular complexity index is 2470. The fourth-order valence-corrected chi connectivity index (χ4v) is 9.31. The van der Waals surface area contributed by atoms with Gasteiger partial charge in [0, 0.05) is 61.2 Å². The van der Waals surface area contributed by atoms with Crippen LogP contribution in [0.1, 0.15) is 65.3 Å². The second kappa shape index (κ2) is 16.8. The minimum absolute atomic E-state index is 0.0930. The highest BCUT2D eigenvalue weighted by atomic mass is 32.1. The highest BCUT2D eigenvalue weighted by Crippen LogP contribution is 2.38. The number of hydrogen-bond acceptors (Lipinski definition) is 12. The van der Waals surface area contributed by atoms with E-state index in [2.05, 4.69) is 19.6 Å². The smallest absolute Gasteiger partial charge is 0.449 e. The van der Waals surface area contributed by atoms with E-state index in [4.69, 9.17) is 9.47 Å². The summed E-state index contributed by atoms with van der Waals surface area (Å²) in [6.45, 7) is 7.06. The molecular weight excluding hydrogens is 841 g/mol. The van der Waals surface area contributed by atoms with E-state index < -0.39 is 46.6 Å². The van der Waals surface area contributed by atoms with E-state index in [-0.39, 0.29) is 34.1 Å². The first-order chi connectivity index (χ1) is 28.3. The predicted octanol–water partition coefficient (Wildman–Crippen LogP) is 7.58. The lowest BCUT2D eigenvalue weighted by atomic mass is 9.88. The summed E-state index contributed by atoms with van der Waals surface area (Å²) in [5, 5.41) is 4.34. The molecule has 2 aliphatic heterocycles.